The summed E-state index contributed by atoms with van der Waals surface area (Å²) in [5.41, 5.74) is 2.21. The van der Waals surface area contributed by atoms with Crippen molar-refractivity contribution in [1.82, 2.24) is 9.88 Å². The van der Waals surface area contributed by atoms with E-state index in [0.717, 1.165) is 54.2 Å². The minimum Gasteiger partial charge on any atom is -0.467 e. The molecular weight excluding hydrogens is 380 g/mol. The van der Waals surface area contributed by atoms with Crippen molar-refractivity contribution in [3.63, 3.8) is 0 Å². The quantitative estimate of drug-likeness (QED) is 0.731. The Kier molecular flexibility index (Phi) is 4.75. The number of rotatable bonds is 6. The van der Waals surface area contributed by atoms with Gasteiger partial charge in [0, 0.05) is 16.9 Å². The van der Waals surface area contributed by atoms with Crippen LogP contribution < -0.4 is 5.32 Å². The van der Waals surface area contributed by atoms with E-state index in [9.17, 15) is 9.59 Å². The van der Waals surface area contributed by atoms with Gasteiger partial charge in [0.25, 0.3) is 5.91 Å². The Morgan fingerprint density at radius 1 is 1.17 bits per heavy atom. The summed E-state index contributed by atoms with van der Waals surface area (Å²) in [5, 5.41) is 3.26. The molecule has 4 saturated carbocycles. The van der Waals surface area contributed by atoms with Crippen LogP contribution in [-0.4, -0.2) is 28.6 Å². The molecule has 2 aromatic rings. The molecule has 0 aliphatic heterocycles. The van der Waals surface area contributed by atoms with Gasteiger partial charge in [-0.15, -0.1) is 0 Å². The maximum Gasteiger partial charge on any atom is 0.340 e. The molecule has 160 valence electrons. The van der Waals surface area contributed by atoms with Crippen molar-refractivity contribution in [2.24, 2.45) is 17.8 Å². The number of carbonyl (C=O) groups excluding carboxylic acids is 2. The van der Waals surface area contributed by atoms with Crippen LogP contribution in [0.5, 0.6) is 0 Å². The van der Waals surface area contributed by atoms with E-state index in [1.54, 1.807) is 6.26 Å². The van der Waals surface area contributed by atoms with Crippen molar-refractivity contribution in [3.05, 3.63) is 47.2 Å². The Labute approximate surface area is 177 Å². The van der Waals surface area contributed by atoms with Crippen LogP contribution in [0.15, 0.2) is 28.9 Å². The third-order valence-electron chi connectivity index (χ3n) is 7.46. The molecule has 0 radical (unpaired) electrons. The van der Waals surface area contributed by atoms with E-state index in [1.807, 2.05) is 36.6 Å². The Hall–Kier alpha value is -2.50. The molecule has 0 atom stereocenters. The summed E-state index contributed by atoms with van der Waals surface area (Å²) in [4.78, 5) is 25.3. The van der Waals surface area contributed by atoms with Crippen molar-refractivity contribution >= 4 is 11.9 Å². The molecule has 1 N–H and O–H groups in total. The molecule has 0 spiro atoms. The summed E-state index contributed by atoms with van der Waals surface area (Å²) < 4.78 is 12.8. The number of nitrogens with zero attached hydrogens (tertiary/aromatic N) is 1. The molecule has 0 aromatic carbocycles. The third kappa shape index (κ3) is 3.57. The zero-order valence-corrected chi connectivity index (χ0v) is 17.8. The third-order valence-corrected chi connectivity index (χ3v) is 7.46. The van der Waals surface area contributed by atoms with Gasteiger partial charge in [0.15, 0.2) is 6.61 Å². The van der Waals surface area contributed by atoms with Gasteiger partial charge >= 0.3 is 5.97 Å². The first-order valence-electron chi connectivity index (χ1n) is 11.1. The fourth-order valence-electron chi connectivity index (χ4n) is 6.61. The molecule has 0 saturated heterocycles. The lowest BCUT2D eigenvalue weighted by atomic mass is 9.53. The van der Waals surface area contributed by atoms with E-state index in [-0.39, 0.29) is 18.1 Å². The summed E-state index contributed by atoms with van der Waals surface area (Å²) in [7, 11) is 0. The molecule has 4 aliphatic rings. The molecule has 2 aromatic heterocycles. The highest BCUT2D eigenvalue weighted by Crippen LogP contribution is 2.55. The van der Waals surface area contributed by atoms with E-state index in [1.165, 1.54) is 19.3 Å². The van der Waals surface area contributed by atoms with Gasteiger partial charge in [0.2, 0.25) is 0 Å². The van der Waals surface area contributed by atoms with Crippen LogP contribution in [0, 0.1) is 31.6 Å². The average molecular weight is 411 g/mol. The minimum atomic E-state index is -0.450. The second-order valence-corrected chi connectivity index (χ2v) is 9.77. The Morgan fingerprint density at radius 3 is 2.43 bits per heavy atom. The number of ether oxygens (including phenoxy) is 1. The summed E-state index contributed by atoms with van der Waals surface area (Å²) >= 11 is 0. The van der Waals surface area contributed by atoms with Crippen LogP contribution >= 0.6 is 0 Å². The number of aromatic nitrogens is 1. The number of carbonyl (C=O) groups is 2. The molecule has 1 amide bonds. The van der Waals surface area contributed by atoms with Gasteiger partial charge in [-0.25, -0.2) is 4.79 Å². The molecule has 6 nitrogen and oxygen atoms in total. The summed E-state index contributed by atoms with van der Waals surface area (Å²) in [5.74, 6) is 2.49. The van der Waals surface area contributed by atoms with Crippen molar-refractivity contribution in [2.45, 2.75) is 64.5 Å². The zero-order chi connectivity index (χ0) is 20.9. The zero-order valence-electron chi connectivity index (χ0n) is 17.8. The number of hydrogen-bond acceptors (Lipinski definition) is 4. The minimum absolute atomic E-state index is 0.0584. The molecule has 30 heavy (non-hydrogen) atoms. The van der Waals surface area contributed by atoms with Gasteiger partial charge in [-0.05, 0) is 88.3 Å². The number of esters is 1. The van der Waals surface area contributed by atoms with Gasteiger partial charge in [-0.3, -0.25) is 4.79 Å². The lowest BCUT2D eigenvalue weighted by Gasteiger charge is -2.56. The van der Waals surface area contributed by atoms with Gasteiger partial charge in [-0.2, -0.15) is 0 Å². The smallest absolute Gasteiger partial charge is 0.340 e. The van der Waals surface area contributed by atoms with E-state index in [2.05, 4.69) is 5.32 Å². The largest absolute Gasteiger partial charge is 0.467 e. The highest BCUT2D eigenvalue weighted by Gasteiger charge is 2.51. The van der Waals surface area contributed by atoms with Gasteiger partial charge in [-0.1, -0.05) is 0 Å². The van der Waals surface area contributed by atoms with Gasteiger partial charge in [0.1, 0.15) is 5.76 Å². The normalized spacial score (nSPS) is 29.2. The maximum absolute atomic E-state index is 12.7. The highest BCUT2D eigenvalue weighted by atomic mass is 16.5. The van der Waals surface area contributed by atoms with Gasteiger partial charge < -0.3 is 19.0 Å². The molecular formula is C24H30N2O4. The lowest BCUT2D eigenvalue weighted by molar-refractivity contribution is -0.130. The first-order valence-corrected chi connectivity index (χ1v) is 11.1. The SMILES string of the molecule is Cc1cc(C(=O)OCC(=O)NC23CC4CC(CC(C4)C2)C3)c(C)n1Cc1ccco1. The van der Waals surface area contributed by atoms with E-state index >= 15 is 0 Å². The number of nitrogens with one attached hydrogen (secondary N) is 1. The van der Waals surface area contributed by atoms with Crippen LogP contribution in [0.25, 0.3) is 0 Å². The number of furan rings is 1. The molecule has 4 bridgehead atoms. The first-order chi connectivity index (χ1) is 14.4. The van der Waals surface area contributed by atoms with Gasteiger partial charge in [0.05, 0.1) is 18.4 Å². The predicted molar refractivity (Wildman–Crippen MR) is 111 cm³/mol. The highest BCUT2D eigenvalue weighted by molar-refractivity contribution is 5.92. The number of amides is 1. The van der Waals surface area contributed by atoms with Crippen LogP contribution in [0.4, 0.5) is 0 Å². The Morgan fingerprint density at radius 2 is 1.83 bits per heavy atom. The van der Waals surface area contributed by atoms with Crippen molar-refractivity contribution in [1.29, 1.82) is 0 Å². The van der Waals surface area contributed by atoms with Crippen LogP contribution in [0.1, 0.15) is 66.0 Å². The Balaban J connectivity index is 1.20. The summed E-state index contributed by atoms with van der Waals surface area (Å²) in [6, 6.07) is 5.57. The lowest BCUT2D eigenvalue weighted by Crippen LogP contribution is -2.60. The molecule has 4 aliphatic carbocycles. The molecule has 6 heteroatoms. The van der Waals surface area contributed by atoms with Crippen LogP contribution in [0.3, 0.4) is 0 Å². The van der Waals surface area contributed by atoms with Crippen LogP contribution in [0.2, 0.25) is 0 Å². The molecule has 2 heterocycles. The number of hydrogen-bond donors (Lipinski definition) is 1. The van der Waals surface area contributed by atoms with Crippen molar-refractivity contribution < 1.29 is 18.7 Å². The second-order valence-electron chi connectivity index (χ2n) is 9.77. The topological polar surface area (TPSA) is 73.5 Å². The fourth-order valence-corrected chi connectivity index (χ4v) is 6.61. The number of aryl methyl sites for hydroxylation is 1. The monoisotopic (exact) mass is 410 g/mol. The molecule has 4 fully saturated rings. The second kappa shape index (κ2) is 7.33. The molecule has 6 rings (SSSR count). The van der Waals surface area contributed by atoms with Crippen molar-refractivity contribution in [3.8, 4) is 0 Å². The van der Waals surface area contributed by atoms with Crippen LogP contribution in [-0.2, 0) is 16.1 Å². The summed E-state index contributed by atoms with van der Waals surface area (Å²) in [6.45, 7) is 4.18. The predicted octanol–water partition coefficient (Wildman–Crippen LogP) is 3.99. The fraction of sp³-hybridized carbons (Fsp3) is 0.583. The average Bonchev–Trinajstić information content (AvgIpc) is 3.28. The summed E-state index contributed by atoms with van der Waals surface area (Å²) in [6.07, 6.45) is 8.90. The van der Waals surface area contributed by atoms with E-state index in [4.69, 9.17) is 9.15 Å². The van der Waals surface area contributed by atoms with Crippen molar-refractivity contribution in [2.75, 3.05) is 6.61 Å². The van der Waals surface area contributed by atoms with E-state index < -0.39 is 5.97 Å². The standard InChI is InChI=1S/C24H30N2O4/c1-15-6-21(16(2)26(15)13-20-4-3-5-29-20)23(28)30-14-22(27)25-24-10-17-7-18(11-24)9-19(8-17)12-24/h3-6,17-19H,7-14H2,1-2H3,(H,25,27). The van der Waals surface area contributed by atoms with E-state index in [0.29, 0.717) is 12.1 Å². The molecule has 0 unspecified atom stereocenters. The Bertz CT molecular complexity index is 921. The maximum atomic E-state index is 12.7. The first kappa shape index (κ1) is 19.5.